The number of pyridine rings is 2. The molecule has 0 saturated carbocycles. The number of nitrogens with one attached hydrogen (secondary N) is 1. The number of fused-ring (bicyclic) bond motifs is 1. The number of aromatic nitrogens is 3. The third kappa shape index (κ3) is 3.83. The molecule has 3 heterocycles. The number of hydrogen-bond acceptors (Lipinski definition) is 5. The van der Waals surface area contributed by atoms with Crippen LogP contribution in [0.1, 0.15) is 31.5 Å². The minimum absolute atomic E-state index is 0.0795. The molecular weight excluding hydrogens is 354 g/mol. The number of aromatic amines is 1. The molecule has 4 rings (SSSR count). The van der Waals surface area contributed by atoms with Crippen molar-refractivity contribution in [2.24, 2.45) is 0 Å². The summed E-state index contributed by atoms with van der Waals surface area (Å²) in [6, 6.07) is 9.43. The molecule has 144 valence electrons. The number of aliphatic hydroxyl groups excluding tert-OH is 1. The molecule has 6 nitrogen and oxygen atoms in total. The quantitative estimate of drug-likeness (QED) is 0.628. The predicted molar refractivity (Wildman–Crippen MR) is 107 cm³/mol. The Morgan fingerprint density at radius 1 is 1.18 bits per heavy atom. The molecule has 1 unspecified atom stereocenters. The Bertz CT molecular complexity index is 1080. The zero-order valence-corrected chi connectivity index (χ0v) is 15.9. The second-order valence-electron chi connectivity index (χ2n) is 7.45. The van der Waals surface area contributed by atoms with E-state index in [4.69, 9.17) is 9.84 Å². The molecule has 3 aromatic rings. The SMILES string of the molecule is CC(C)(O)c1ccc(-c2cc3c([nH]2)=CCC(Oc2ccc(CO)nc2)C=3)nc1. The molecule has 0 radical (unpaired) electrons. The summed E-state index contributed by atoms with van der Waals surface area (Å²) >= 11 is 0. The average Bonchev–Trinajstić information content (AvgIpc) is 3.11. The number of hydrogen-bond donors (Lipinski definition) is 3. The number of nitrogens with zero attached hydrogens (tertiary/aromatic N) is 2. The van der Waals surface area contributed by atoms with Crippen molar-refractivity contribution in [1.29, 1.82) is 0 Å². The highest BCUT2D eigenvalue weighted by Crippen LogP contribution is 2.21. The van der Waals surface area contributed by atoms with Crippen LogP contribution < -0.4 is 15.3 Å². The van der Waals surface area contributed by atoms with Gasteiger partial charge in [-0.1, -0.05) is 12.1 Å². The normalized spacial score (nSPS) is 16.1. The first-order valence-electron chi connectivity index (χ1n) is 9.25. The predicted octanol–water partition coefficient (Wildman–Crippen LogP) is 1.60. The van der Waals surface area contributed by atoms with Crippen LogP contribution >= 0.6 is 0 Å². The van der Waals surface area contributed by atoms with Gasteiger partial charge in [0.1, 0.15) is 11.9 Å². The summed E-state index contributed by atoms with van der Waals surface area (Å²) in [7, 11) is 0. The highest BCUT2D eigenvalue weighted by Gasteiger charge is 2.17. The molecule has 3 aromatic heterocycles. The number of H-pyrrole nitrogens is 1. The summed E-state index contributed by atoms with van der Waals surface area (Å²) in [5, 5.41) is 21.3. The van der Waals surface area contributed by atoms with Crippen LogP contribution in [-0.2, 0) is 12.2 Å². The van der Waals surface area contributed by atoms with Gasteiger partial charge >= 0.3 is 0 Å². The Labute approximate surface area is 162 Å². The zero-order valence-electron chi connectivity index (χ0n) is 15.9. The van der Waals surface area contributed by atoms with Crippen molar-refractivity contribution in [2.75, 3.05) is 0 Å². The Balaban J connectivity index is 1.55. The van der Waals surface area contributed by atoms with Gasteiger partial charge in [0.15, 0.2) is 0 Å². The van der Waals surface area contributed by atoms with E-state index in [-0.39, 0.29) is 12.7 Å². The van der Waals surface area contributed by atoms with E-state index < -0.39 is 5.60 Å². The first kappa shape index (κ1) is 18.4. The van der Waals surface area contributed by atoms with Crippen molar-refractivity contribution in [3.8, 4) is 17.1 Å². The van der Waals surface area contributed by atoms with Crippen LogP contribution in [-0.4, -0.2) is 31.3 Å². The summed E-state index contributed by atoms with van der Waals surface area (Å²) in [6.45, 7) is 3.41. The average molecular weight is 377 g/mol. The molecule has 0 spiro atoms. The fraction of sp³-hybridized carbons (Fsp3) is 0.273. The Kier molecular flexibility index (Phi) is 4.75. The highest BCUT2D eigenvalue weighted by atomic mass is 16.5. The van der Waals surface area contributed by atoms with Gasteiger partial charge in [0.25, 0.3) is 0 Å². The van der Waals surface area contributed by atoms with Gasteiger partial charge in [-0.05, 0) is 49.4 Å². The largest absolute Gasteiger partial charge is 0.484 e. The molecule has 6 heteroatoms. The molecule has 0 saturated heterocycles. The Morgan fingerprint density at radius 2 is 2.04 bits per heavy atom. The van der Waals surface area contributed by atoms with Crippen LogP contribution in [0.5, 0.6) is 5.75 Å². The van der Waals surface area contributed by atoms with E-state index in [0.29, 0.717) is 11.4 Å². The summed E-state index contributed by atoms with van der Waals surface area (Å²) in [6.07, 6.45) is 8.21. The highest BCUT2D eigenvalue weighted by molar-refractivity contribution is 5.57. The van der Waals surface area contributed by atoms with E-state index in [0.717, 1.165) is 33.9 Å². The summed E-state index contributed by atoms with van der Waals surface area (Å²) in [4.78, 5) is 12.0. The van der Waals surface area contributed by atoms with Crippen molar-refractivity contribution in [3.63, 3.8) is 0 Å². The van der Waals surface area contributed by atoms with Gasteiger partial charge in [0, 0.05) is 23.5 Å². The third-order valence-corrected chi connectivity index (χ3v) is 4.79. The van der Waals surface area contributed by atoms with Crippen molar-refractivity contribution in [2.45, 2.75) is 38.6 Å². The first-order valence-corrected chi connectivity index (χ1v) is 9.25. The summed E-state index contributed by atoms with van der Waals surface area (Å²) < 4.78 is 5.99. The molecule has 3 N–H and O–H groups in total. The Morgan fingerprint density at radius 3 is 2.68 bits per heavy atom. The van der Waals surface area contributed by atoms with Crippen molar-refractivity contribution < 1.29 is 14.9 Å². The maximum atomic E-state index is 10.1. The lowest BCUT2D eigenvalue weighted by Crippen LogP contribution is -2.31. The number of aliphatic hydroxyl groups is 2. The van der Waals surface area contributed by atoms with Crippen LogP contribution in [0.25, 0.3) is 23.5 Å². The van der Waals surface area contributed by atoms with Gasteiger partial charge < -0.3 is 19.9 Å². The van der Waals surface area contributed by atoms with E-state index in [2.05, 4.69) is 33.2 Å². The van der Waals surface area contributed by atoms with Gasteiger partial charge in [-0.3, -0.25) is 9.97 Å². The molecule has 0 bridgehead atoms. The number of rotatable bonds is 5. The lowest BCUT2D eigenvalue weighted by Gasteiger charge is -2.17. The van der Waals surface area contributed by atoms with Crippen LogP contribution in [0.15, 0.2) is 42.7 Å². The minimum Gasteiger partial charge on any atom is -0.484 e. The van der Waals surface area contributed by atoms with Gasteiger partial charge in [-0.2, -0.15) is 0 Å². The lowest BCUT2D eigenvalue weighted by molar-refractivity contribution is 0.0782. The maximum absolute atomic E-state index is 10.1. The summed E-state index contributed by atoms with van der Waals surface area (Å²) in [5.41, 5.74) is 2.24. The Hall–Kier alpha value is -2.96. The van der Waals surface area contributed by atoms with E-state index in [1.165, 1.54) is 0 Å². The fourth-order valence-corrected chi connectivity index (χ4v) is 3.18. The van der Waals surface area contributed by atoms with Crippen LogP contribution in [0.3, 0.4) is 0 Å². The van der Waals surface area contributed by atoms with E-state index in [1.807, 2.05) is 18.2 Å². The second-order valence-corrected chi connectivity index (χ2v) is 7.45. The van der Waals surface area contributed by atoms with Crippen molar-refractivity contribution in [3.05, 3.63) is 64.6 Å². The van der Waals surface area contributed by atoms with E-state index in [9.17, 15) is 5.11 Å². The van der Waals surface area contributed by atoms with Crippen LogP contribution in [0.2, 0.25) is 0 Å². The standard InChI is InChI=1S/C22H23N3O3/c1-22(2,27)15-3-7-20(24-11-15)21-10-14-9-17(6-8-19(14)25-21)28-18-5-4-16(13-26)23-12-18/h3-5,7-12,17,25-27H,6,13H2,1-2H3. The fourth-order valence-electron chi connectivity index (χ4n) is 3.18. The van der Waals surface area contributed by atoms with Crippen LogP contribution in [0.4, 0.5) is 0 Å². The molecule has 28 heavy (non-hydrogen) atoms. The topological polar surface area (TPSA) is 91.3 Å². The molecule has 1 atom stereocenters. The summed E-state index contributed by atoms with van der Waals surface area (Å²) in [5.74, 6) is 0.676. The number of ether oxygens (including phenoxy) is 1. The molecule has 1 aliphatic carbocycles. The second kappa shape index (κ2) is 7.22. The molecule has 0 aromatic carbocycles. The van der Waals surface area contributed by atoms with Gasteiger partial charge in [-0.15, -0.1) is 0 Å². The lowest BCUT2D eigenvalue weighted by atomic mass is 10.0. The van der Waals surface area contributed by atoms with Crippen molar-refractivity contribution in [1.82, 2.24) is 15.0 Å². The molecule has 0 aliphatic heterocycles. The minimum atomic E-state index is -0.906. The van der Waals surface area contributed by atoms with Gasteiger partial charge in [0.05, 0.1) is 35.5 Å². The molecule has 0 amide bonds. The molecule has 0 fully saturated rings. The van der Waals surface area contributed by atoms with Crippen LogP contribution in [0, 0.1) is 0 Å². The monoisotopic (exact) mass is 377 g/mol. The third-order valence-electron chi connectivity index (χ3n) is 4.79. The molecule has 1 aliphatic rings. The van der Waals surface area contributed by atoms with Gasteiger partial charge in [-0.25, -0.2) is 0 Å². The van der Waals surface area contributed by atoms with E-state index >= 15 is 0 Å². The zero-order chi connectivity index (χ0) is 19.7. The smallest absolute Gasteiger partial charge is 0.138 e. The maximum Gasteiger partial charge on any atom is 0.138 e. The van der Waals surface area contributed by atoms with Crippen molar-refractivity contribution >= 4 is 12.2 Å². The molecular formula is C22H23N3O3. The van der Waals surface area contributed by atoms with Gasteiger partial charge in [0.2, 0.25) is 0 Å². The first-order chi connectivity index (χ1) is 13.4. The van der Waals surface area contributed by atoms with E-state index in [1.54, 1.807) is 32.3 Å².